The Balaban J connectivity index is 1.00. The summed E-state index contributed by atoms with van der Waals surface area (Å²) in [6, 6.07) is 85.2. The summed E-state index contributed by atoms with van der Waals surface area (Å²) in [7, 11) is 0. The average Bonchev–Trinajstić information content (AvgIpc) is 3.95. The maximum Gasteiger partial charge on any atom is 0.182 e. The molecule has 13 aromatic rings. The van der Waals surface area contributed by atoms with Gasteiger partial charge >= 0.3 is 0 Å². The molecule has 9 aromatic carbocycles. The second-order valence-electron chi connectivity index (χ2n) is 17.1. The molecule has 13 rings (SSSR count). The van der Waals surface area contributed by atoms with Gasteiger partial charge in [-0.1, -0.05) is 158 Å². The van der Waals surface area contributed by atoms with E-state index in [1.54, 1.807) is 0 Å². The van der Waals surface area contributed by atoms with E-state index in [2.05, 4.69) is 190 Å². The third-order valence-electron chi connectivity index (χ3n) is 13.0. The average molecular weight is 884 g/mol. The van der Waals surface area contributed by atoms with Gasteiger partial charge in [-0.25, -0.2) is 15.0 Å². The zero-order valence-corrected chi connectivity index (χ0v) is 37.3. The predicted molar refractivity (Wildman–Crippen MR) is 283 cm³/mol. The second-order valence-corrected chi connectivity index (χ2v) is 17.1. The Hall–Kier alpha value is -9.46. The van der Waals surface area contributed by atoms with Crippen molar-refractivity contribution in [2.45, 2.75) is 0 Å². The van der Waals surface area contributed by atoms with Crippen molar-refractivity contribution in [1.82, 2.24) is 29.1 Å². The highest BCUT2D eigenvalue weighted by Gasteiger charge is 2.20. The summed E-state index contributed by atoms with van der Waals surface area (Å²) in [4.78, 5) is 22.3. The summed E-state index contributed by atoms with van der Waals surface area (Å²) in [6.07, 6.45) is 1.94. The smallest absolute Gasteiger partial charge is 0.182 e. The number of hydrogen-bond donors (Lipinski definition) is 0. The van der Waals surface area contributed by atoms with Gasteiger partial charge in [0.15, 0.2) is 17.5 Å². The molecule has 0 unspecified atom stereocenters. The van der Waals surface area contributed by atoms with Gasteiger partial charge < -0.3 is 14.0 Å². The molecule has 0 amide bonds. The van der Waals surface area contributed by atoms with Crippen LogP contribution in [0.1, 0.15) is 0 Å². The van der Waals surface area contributed by atoms with Crippen molar-refractivity contribution in [1.29, 1.82) is 0 Å². The second kappa shape index (κ2) is 16.8. The van der Waals surface area contributed by atoms with Crippen LogP contribution in [0.3, 0.4) is 0 Å². The number of rotatable bonds is 9. The quantitative estimate of drug-likeness (QED) is 0.144. The molecule has 0 N–H and O–H groups in total. The van der Waals surface area contributed by atoms with Crippen molar-refractivity contribution in [3.63, 3.8) is 0 Å². The minimum Gasteiger partial charge on any atom is -0.310 e. The Bertz CT molecular complexity index is 3850. The lowest BCUT2D eigenvalue weighted by atomic mass is 10.0. The Kier molecular flexibility index (Phi) is 9.68. The minimum atomic E-state index is 0.511. The van der Waals surface area contributed by atoms with Crippen LogP contribution in [0.15, 0.2) is 249 Å². The predicted octanol–water partition coefficient (Wildman–Crippen LogP) is 15.6. The molecule has 7 nitrogen and oxygen atoms in total. The van der Waals surface area contributed by atoms with E-state index in [1.807, 2.05) is 72.9 Å². The number of hydrogen-bond acceptors (Lipinski definition) is 5. The van der Waals surface area contributed by atoms with Gasteiger partial charge in [0, 0.05) is 72.9 Å². The molecule has 0 atom stereocenters. The maximum absolute atomic E-state index is 5.08. The van der Waals surface area contributed by atoms with E-state index in [9.17, 15) is 0 Å². The zero-order chi connectivity index (χ0) is 45.7. The summed E-state index contributed by atoms with van der Waals surface area (Å²) in [5.41, 5.74) is 14.3. The van der Waals surface area contributed by atoms with Gasteiger partial charge in [-0.05, 0) is 90.5 Å². The number of para-hydroxylation sites is 5. The summed E-state index contributed by atoms with van der Waals surface area (Å²) in [5.74, 6) is 1.71. The lowest BCUT2D eigenvalue weighted by molar-refractivity contribution is 1.06. The number of pyridine rings is 1. The molecule has 324 valence electrons. The molecule has 0 saturated heterocycles. The molecule has 0 aliphatic heterocycles. The molecule has 0 saturated carbocycles. The van der Waals surface area contributed by atoms with Crippen molar-refractivity contribution in [2.75, 3.05) is 4.90 Å². The van der Waals surface area contributed by atoms with Crippen LogP contribution >= 0.6 is 0 Å². The van der Waals surface area contributed by atoms with Crippen molar-refractivity contribution in [3.8, 4) is 56.8 Å². The van der Waals surface area contributed by atoms with E-state index >= 15 is 0 Å². The first-order valence-corrected chi connectivity index (χ1v) is 23.1. The third-order valence-corrected chi connectivity index (χ3v) is 13.0. The third kappa shape index (κ3) is 7.08. The lowest BCUT2D eigenvalue weighted by Gasteiger charge is -2.25. The molecule has 0 fully saturated rings. The summed E-state index contributed by atoms with van der Waals surface area (Å²) < 4.78 is 4.80. The number of nitrogens with zero attached hydrogens (tertiary/aromatic N) is 7. The number of benzene rings is 9. The largest absolute Gasteiger partial charge is 0.310 e. The highest BCUT2D eigenvalue weighted by molar-refractivity contribution is 6.11. The van der Waals surface area contributed by atoms with Gasteiger partial charge in [0.05, 0.1) is 22.1 Å². The first-order valence-electron chi connectivity index (χ1n) is 23.1. The fraction of sp³-hybridized carbons (Fsp3) is 0. The van der Waals surface area contributed by atoms with E-state index in [0.29, 0.717) is 23.2 Å². The van der Waals surface area contributed by atoms with E-state index in [-0.39, 0.29) is 0 Å². The normalized spacial score (nSPS) is 11.5. The zero-order valence-electron chi connectivity index (χ0n) is 37.3. The van der Waals surface area contributed by atoms with Crippen LogP contribution < -0.4 is 4.90 Å². The van der Waals surface area contributed by atoms with Crippen LogP contribution in [-0.2, 0) is 0 Å². The topological polar surface area (TPSA) is 64.7 Å². The van der Waals surface area contributed by atoms with Crippen LogP contribution in [0.25, 0.3) is 100 Å². The van der Waals surface area contributed by atoms with E-state index in [1.165, 1.54) is 16.2 Å². The number of fused-ring (bicyclic) bond motifs is 6. The highest BCUT2D eigenvalue weighted by Crippen LogP contribution is 2.41. The molecule has 0 radical (unpaired) electrons. The Morgan fingerprint density at radius 2 is 0.725 bits per heavy atom. The summed E-state index contributed by atoms with van der Waals surface area (Å²) in [5, 5.41) is 4.75. The molecule has 0 aliphatic rings. The maximum atomic E-state index is 5.08. The van der Waals surface area contributed by atoms with Crippen LogP contribution in [0.2, 0.25) is 0 Å². The molecule has 0 spiro atoms. The van der Waals surface area contributed by atoms with E-state index in [0.717, 1.165) is 78.1 Å². The SMILES string of the molecule is c1ccc(-c2nc(-c3ccccc3)nc(-c3ccc(-c4cc(-n5c6ccccc6c6ccccc65)cc(-n5c6ccccc6c6cc(N(c7ccccc7)c7ccccc7)ccc65)c4)cn3)n2)cc1. The van der Waals surface area contributed by atoms with Gasteiger partial charge in [0.2, 0.25) is 0 Å². The number of aromatic nitrogens is 6. The molecular formula is C62H41N7. The summed E-state index contributed by atoms with van der Waals surface area (Å²) >= 11 is 0. The molecule has 69 heavy (non-hydrogen) atoms. The van der Waals surface area contributed by atoms with E-state index in [4.69, 9.17) is 19.9 Å². The van der Waals surface area contributed by atoms with Crippen LogP contribution in [0.4, 0.5) is 17.1 Å². The lowest BCUT2D eigenvalue weighted by Crippen LogP contribution is -2.09. The van der Waals surface area contributed by atoms with Gasteiger partial charge in [-0.2, -0.15) is 0 Å². The van der Waals surface area contributed by atoms with Crippen LogP contribution in [0, 0.1) is 0 Å². The molecule has 4 heterocycles. The minimum absolute atomic E-state index is 0.511. The van der Waals surface area contributed by atoms with E-state index < -0.39 is 0 Å². The molecule has 7 heteroatoms. The Morgan fingerprint density at radius 1 is 0.290 bits per heavy atom. The molecule has 0 aliphatic carbocycles. The van der Waals surface area contributed by atoms with Gasteiger partial charge in [-0.3, -0.25) is 4.98 Å². The van der Waals surface area contributed by atoms with Gasteiger partial charge in [0.1, 0.15) is 5.69 Å². The molecule has 0 bridgehead atoms. The monoisotopic (exact) mass is 883 g/mol. The first-order chi connectivity index (χ1) is 34.2. The van der Waals surface area contributed by atoms with Crippen molar-refractivity contribution in [3.05, 3.63) is 249 Å². The summed E-state index contributed by atoms with van der Waals surface area (Å²) in [6.45, 7) is 0. The highest BCUT2D eigenvalue weighted by atomic mass is 15.1. The Morgan fingerprint density at radius 3 is 1.22 bits per heavy atom. The Labute approximate surface area is 398 Å². The standard InChI is InChI=1S/C62H41N7/c1-5-19-42(20-6-1)60-64-61(43-21-7-2-8-22-43)66-62(65-60)55-35-33-44(41-63-55)45-37-49(68-56-30-16-13-27-51(56)52-28-14-17-31-57(52)68)39-50(38-45)69-58-32-18-15-29-53(58)54-40-48(34-36-59(54)69)67(46-23-9-3-10-24-46)47-25-11-4-12-26-47/h1-41H. The van der Waals surface area contributed by atoms with Gasteiger partial charge in [0.25, 0.3) is 0 Å². The molecule has 4 aromatic heterocycles. The first kappa shape index (κ1) is 39.9. The van der Waals surface area contributed by atoms with Crippen LogP contribution in [0.5, 0.6) is 0 Å². The van der Waals surface area contributed by atoms with Crippen molar-refractivity contribution in [2.24, 2.45) is 0 Å². The fourth-order valence-corrected chi connectivity index (χ4v) is 9.82. The van der Waals surface area contributed by atoms with Crippen molar-refractivity contribution < 1.29 is 0 Å². The fourth-order valence-electron chi connectivity index (χ4n) is 9.82. The molecular weight excluding hydrogens is 843 g/mol. The van der Waals surface area contributed by atoms with Crippen LogP contribution in [-0.4, -0.2) is 29.1 Å². The van der Waals surface area contributed by atoms with Gasteiger partial charge in [-0.15, -0.1) is 0 Å². The van der Waals surface area contributed by atoms with Crippen molar-refractivity contribution >= 4 is 60.7 Å². The number of anilines is 3.